The smallest absolute Gasteiger partial charge is 0.249 e. The molecule has 0 radical (unpaired) electrons. The molecular formula is C29H30FN5O4. The van der Waals surface area contributed by atoms with Gasteiger partial charge in [0.2, 0.25) is 11.8 Å². The average Bonchev–Trinajstić information content (AvgIpc) is 3.62. The monoisotopic (exact) mass is 531 g/mol. The number of rotatable bonds is 9. The number of nitrogens with zero attached hydrogens (tertiary/aromatic N) is 4. The molecule has 1 saturated carbocycles. The van der Waals surface area contributed by atoms with Crippen LogP contribution in [0.4, 0.5) is 10.1 Å². The molecule has 4 aromatic rings. The Balaban J connectivity index is 1.62. The van der Waals surface area contributed by atoms with E-state index < -0.39 is 23.7 Å². The van der Waals surface area contributed by atoms with Gasteiger partial charge in [-0.3, -0.25) is 14.5 Å². The number of anilines is 1. The second-order valence-electron chi connectivity index (χ2n) is 9.45. The first-order valence-corrected chi connectivity index (χ1v) is 12.9. The van der Waals surface area contributed by atoms with E-state index in [-0.39, 0.29) is 18.2 Å². The van der Waals surface area contributed by atoms with Crippen molar-refractivity contribution in [3.05, 3.63) is 78.1 Å². The molecule has 39 heavy (non-hydrogen) atoms. The minimum atomic E-state index is -1.29. The summed E-state index contributed by atoms with van der Waals surface area (Å²) in [6.07, 6.45) is 3.69. The number of fused-ring (bicyclic) bond motifs is 1. The molecule has 3 aromatic carbocycles. The number of halogens is 1. The van der Waals surface area contributed by atoms with Crippen LogP contribution in [0.3, 0.4) is 0 Å². The lowest BCUT2D eigenvalue weighted by molar-refractivity contribution is -0.127. The van der Waals surface area contributed by atoms with E-state index >= 15 is 4.39 Å². The largest absolute Gasteiger partial charge is 0.493 e. The molecule has 0 spiro atoms. The predicted octanol–water partition coefficient (Wildman–Crippen LogP) is 4.42. The zero-order chi connectivity index (χ0) is 27.4. The summed E-state index contributed by atoms with van der Waals surface area (Å²) in [4.78, 5) is 29.3. The van der Waals surface area contributed by atoms with Crippen molar-refractivity contribution in [2.75, 3.05) is 19.1 Å². The number of carbonyl (C=O) groups excluding carboxylic acids is 2. The van der Waals surface area contributed by atoms with E-state index in [4.69, 9.17) is 9.47 Å². The normalized spacial score (nSPS) is 14.2. The summed E-state index contributed by atoms with van der Waals surface area (Å²) in [5.41, 5.74) is 1.72. The van der Waals surface area contributed by atoms with Crippen LogP contribution >= 0.6 is 0 Å². The molecule has 0 bridgehead atoms. The third-order valence-corrected chi connectivity index (χ3v) is 7.03. The maximum absolute atomic E-state index is 15.3. The Morgan fingerprint density at radius 3 is 2.49 bits per heavy atom. The van der Waals surface area contributed by atoms with E-state index in [1.807, 2.05) is 18.2 Å². The van der Waals surface area contributed by atoms with Crippen LogP contribution in [-0.2, 0) is 16.1 Å². The number of ether oxygens (including phenoxy) is 2. The van der Waals surface area contributed by atoms with Crippen molar-refractivity contribution < 1.29 is 23.5 Å². The Morgan fingerprint density at radius 2 is 1.74 bits per heavy atom. The van der Waals surface area contributed by atoms with Gasteiger partial charge in [-0.05, 0) is 43.2 Å². The highest BCUT2D eigenvalue weighted by Crippen LogP contribution is 2.36. The highest BCUT2D eigenvalue weighted by Gasteiger charge is 2.36. The van der Waals surface area contributed by atoms with Crippen molar-refractivity contribution in [1.82, 2.24) is 20.3 Å². The molecule has 10 heteroatoms. The van der Waals surface area contributed by atoms with Crippen LogP contribution in [0, 0.1) is 5.82 Å². The first kappa shape index (κ1) is 26.1. The number of aromatic nitrogens is 3. The fourth-order valence-corrected chi connectivity index (χ4v) is 5.09. The average molecular weight is 532 g/mol. The van der Waals surface area contributed by atoms with Gasteiger partial charge in [0.15, 0.2) is 11.5 Å². The van der Waals surface area contributed by atoms with Crippen molar-refractivity contribution in [2.24, 2.45) is 0 Å². The van der Waals surface area contributed by atoms with E-state index in [9.17, 15) is 9.59 Å². The maximum atomic E-state index is 15.3. The Labute approximate surface area is 225 Å². The summed E-state index contributed by atoms with van der Waals surface area (Å²) in [6.45, 7) is -0.226. The summed E-state index contributed by atoms with van der Waals surface area (Å²) in [6, 6.07) is 16.9. The van der Waals surface area contributed by atoms with Gasteiger partial charge in [0.1, 0.15) is 23.9 Å². The first-order chi connectivity index (χ1) is 19.0. The minimum Gasteiger partial charge on any atom is -0.493 e. The second kappa shape index (κ2) is 11.5. The molecule has 1 atom stereocenters. The van der Waals surface area contributed by atoms with Crippen molar-refractivity contribution >= 4 is 28.5 Å². The summed E-state index contributed by atoms with van der Waals surface area (Å²) in [5, 5.41) is 11.4. The zero-order valence-electron chi connectivity index (χ0n) is 21.8. The molecule has 2 amide bonds. The van der Waals surface area contributed by atoms with Crippen LogP contribution < -0.4 is 19.7 Å². The van der Waals surface area contributed by atoms with E-state index in [1.165, 1.54) is 35.9 Å². The molecule has 0 saturated heterocycles. The number of nitrogens with one attached hydrogen (secondary N) is 1. The zero-order valence-corrected chi connectivity index (χ0v) is 21.8. The SMILES string of the molecule is COc1ccc(N(C(=O)Cn2nnc3ccccc32)C(C(=O)NC2CCCC2)c2ccccc2F)cc1OC. The Kier molecular flexibility index (Phi) is 7.72. The second-order valence-corrected chi connectivity index (χ2v) is 9.45. The summed E-state index contributed by atoms with van der Waals surface area (Å²) >= 11 is 0. The summed E-state index contributed by atoms with van der Waals surface area (Å²) in [7, 11) is 2.99. The summed E-state index contributed by atoms with van der Waals surface area (Å²) < 4.78 is 27.6. The Morgan fingerprint density at radius 1 is 1.03 bits per heavy atom. The van der Waals surface area contributed by atoms with Gasteiger partial charge in [-0.2, -0.15) is 0 Å². The third kappa shape index (κ3) is 5.41. The molecule has 9 nitrogen and oxygen atoms in total. The fourth-order valence-electron chi connectivity index (χ4n) is 5.09. The molecule has 1 unspecified atom stereocenters. The van der Waals surface area contributed by atoms with Crippen molar-refractivity contribution in [3.8, 4) is 11.5 Å². The number of methoxy groups -OCH3 is 2. The van der Waals surface area contributed by atoms with Crippen LogP contribution in [-0.4, -0.2) is 47.1 Å². The highest BCUT2D eigenvalue weighted by molar-refractivity contribution is 6.02. The standard InChI is InChI=1S/C29H30FN5O4/c1-38-25-16-15-20(17-26(25)39-2)35(27(36)18-34-24-14-8-7-13-23(24)32-33-34)28(21-11-5-6-12-22(21)30)29(37)31-19-9-3-4-10-19/h5-8,11-17,19,28H,3-4,9-10,18H2,1-2H3,(H,31,37). The molecule has 0 aliphatic heterocycles. The lowest BCUT2D eigenvalue weighted by Crippen LogP contribution is -2.47. The summed E-state index contributed by atoms with van der Waals surface area (Å²) in [5.74, 6) is -0.712. The number of hydrogen-bond acceptors (Lipinski definition) is 6. The van der Waals surface area contributed by atoms with Gasteiger partial charge >= 0.3 is 0 Å². The van der Waals surface area contributed by atoms with Crippen molar-refractivity contribution in [1.29, 1.82) is 0 Å². The molecule has 202 valence electrons. The molecule has 1 aromatic heterocycles. The topological polar surface area (TPSA) is 98.6 Å². The quantitative estimate of drug-likeness (QED) is 0.343. The van der Waals surface area contributed by atoms with Crippen molar-refractivity contribution in [3.63, 3.8) is 0 Å². The lowest BCUT2D eigenvalue weighted by Gasteiger charge is -2.33. The molecule has 1 N–H and O–H groups in total. The predicted molar refractivity (Wildman–Crippen MR) is 144 cm³/mol. The van der Waals surface area contributed by atoms with E-state index in [1.54, 1.807) is 36.4 Å². The van der Waals surface area contributed by atoms with Gasteiger partial charge in [0.05, 0.1) is 19.7 Å². The van der Waals surface area contributed by atoms with Crippen molar-refractivity contribution in [2.45, 2.75) is 44.3 Å². The Bertz CT molecular complexity index is 1480. The number of hydrogen-bond donors (Lipinski definition) is 1. The molecule has 5 rings (SSSR count). The van der Waals surface area contributed by atoms with Crippen LogP contribution in [0.2, 0.25) is 0 Å². The van der Waals surface area contributed by atoms with Crippen LogP contribution in [0.1, 0.15) is 37.3 Å². The third-order valence-electron chi connectivity index (χ3n) is 7.03. The van der Waals surface area contributed by atoms with Crippen LogP contribution in [0.5, 0.6) is 11.5 Å². The molecular weight excluding hydrogens is 501 g/mol. The van der Waals surface area contributed by atoms with Gasteiger partial charge in [0.25, 0.3) is 0 Å². The number of carbonyl (C=O) groups is 2. The number of benzene rings is 3. The fraction of sp³-hybridized carbons (Fsp3) is 0.310. The van der Waals surface area contributed by atoms with Gasteiger partial charge in [0, 0.05) is 23.4 Å². The van der Waals surface area contributed by atoms with Gasteiger partial charge in [-0.15, -0.1) is 5.10 Å². The highest BCUT2D eigenvalue weighted by atomic mass is 19.1. The molecule has 1 aliphatic rings. The number of amides is 2. The van der Waals surface area contributed by atoms with Crippen LogP contribution in [0.25, 0.3) is 11.0 Å². The Hall–Kier alpha value is -4.47. The molecule has 1 fully saturated rings. The van der Waals surface area contributed by atoms with Gasteiger partial charge < -0.3 is 14.8 Å². The van der Waals surface area contributed by atoms with E-state index in [2.05, 4.69) is 15.6 Å². The van der Waals surface area contributed by atoms with Gasteiger partial charge in [-0.1, -0.05) is 48.4 Å². The lowest BCUT2D eigenvalue weighted by atomic mass is 10.0. The first-order valence-electron chi connectivity index (χ1n) is 12.9. The van der Waals surface area contributed by atoms with Gasteiger partial charge in [-0.25, -0.2) is 9.07 Å². The van der Waals surface area contributed by atoms with E-state index in [0.29, 0.717) is 28.2 Å². The van der Waals surface area contributed by atoms with Crippen LogP contribution in [0.15, 0.2) is 66.7 Å². The molecule has 1 aliphatic carbocycles. The van der Waals surface area contributed by atoms with E-state index in [0.717, 1.165) is 25.7 Å². The number of para-hydroxylation sites is 1. The molecule has 1 heterocycles. The minimum absolute atomic E-state index is 0.0339. The maximum Gasteiger partial charge on any atom is 0.249 e.